The minimum Gasteiger partial charge on any atom is -0.0913 e. The van der Waals surface area contributed by atoms with Crippen molar-refractivity contribution in [2.75, 3.05) is 0 Å². The molecule has 0 aromatic carbocycles. The van der Waals surface area contributed by atoms with Crippen LogP contribution in [0.25, 0.3) is 0 Å². The maximum Gasteiger partial charge on any atom is -0.0130 e. The fourth-order valence-corrected chi connectivity index (χ4v) is 1.31. The lowest BCUT2D eigenvalue weighted by Gasteiger charge is -2.25. The zero-order valence-electron chi connectivity index (χ0n) is 8.85. The summed E-state index contributed by atoms with van der Waals surface area (Å²) in [5.41, 5.74) is 1.30. The molecule has 0 spiro atoms. The first-order chi connectivity index (χ1) is 5.54. The van der Waals surface area contributed by atoms with Gasteiger partial charge in [0.15, 0.2) is 0 Å². The molecule has 0 saturated carbocycles. The van der Waals surface area contributed by atoms with E-state index in [0.29, 0.717) is 0 Å². The van der Waals surface area contributed by atoms with Crippen LogP contribution < -0.4 is 0 Å². The average molecular weight is 165 g/mol. The highest BCUT2D eigenvalue weighted by Gasteiger charge is 2.19. The molecule has 0 aliphatic carbocycles. The summed E-state index contributed by atoms with van der Waals surface area (Å²) >= 11 is 0. The largest absolute Gasteiger partial charge is 0.0913 e. The van der Waals surface area contributed by atoms with Crippen LogP contribution in [0.4, 0.5) is 0 Å². The van der Waals surface area contributed by atoms with Crippen LogP contribution >= 0.6 is 0 Å². The van der Waals surface area contributed by atoms with Gasteiger partial charge in [0, 0.05) is 0 Å². The van der Waals surface area contributed by atoms with Gasteiger partial charge in [-0.15, -0.1) is 0 Å². The van der Waals surface area contributed by atoms with E-state index in [9.17, 15) is 0 Å². The number of hydrogen-bond acceptors (Lipinski definition) is 0. The van der Waals surface area contributed by atoms with Gasteiger partial charge in [-0.1, -0.05) is 51.5 Å². The Bertz CT molecular complexity index is 161. The zero-order chi connectivity index (χ0) is 9.61. The summed E-state index contributed by atoms with van der Waals surface area (Å²) in [6.07, 6.45) is 7.46. The summed E-state index contributed by atoms with van der Waals surface area (Å²) in [5, 5.41) is 0. The Hall–Kier alpha value is -0.520. The van der Waals surface area contributed by atoms with Gasteiger partial charge >= 0.3 is 0 Å². The first-order valence-corrected chi connectivity index (χ1v) is 4.77. The van der Waals surface area contributed by atoms with Crippen LogP contribution in [0.3, 0.4) is 0 Å². The Morgan fingerprint density at radius 1 is 1.42 bits per heavy atom. The molecule has 0 saturated heterocycles. The zero-order valence-corrected chi connectivity index (χ0v) is 8.85. The van der Waals surface area contributed by atoms with Gasteiger partial charge in [-0.05, 0) is 25.2 Å². The summed E-state index contributed by atoms with van der Waals surface area (Å²) in [4.78, 5) is 0. The third-order valence-corrected chi connectivity index (χ3v) is 2.32. The molecule has 0 rings (SSSR count). The average Bonchev–Trinajstić information content (AvgIpc) is 2.00. The predicted octanol–water partition coefficient (Wildman–Crippen LogP) is 4.14. The normalized spacial score (nSPS) is 12.3. The molecule has 0 aromatic heterocycles. The van der Waals surface area contributed by atoms with E-state index >= 15 is 0 Å². The van der Waals surface area contributed by atoms with Crippen molar-refractivity contribution < 1.29 is 0 Å². The van der Waals surface area contributed by atoms with E-state index in [1.807, 2.05) is 6.92 Å². The molecule has 0 aliphatic rings. The summed E-state index contributed by atoms with van der Waals surface area (Å²) in [5.74, 6) is 0. The van der Waals surface area contributed by atoms with Crippen molar-refractivity contribution in [2.24, 2.45) is 5.41 Å². The Kier molecular flexibility index (Phi) is 4.96. The molecule has 0 fully saturated rings. The molecule has 0 aromatic rings. The van der Waals surface area contributed by atoms with Gasteiger partial charge in [-0.3, -0.25) is 0 Å². The fraction of sp³-hybridized carbons (Fsp3) is 0.667. The fourth-order valence-electron chi connectivity index (χ4n) is 1.31. The Morgan fingerprint density at radius 3 is 2.42 bits per heavy atom. The van der Waals surface area contributed by atoms with Gasteiger partial charge in [0.25, 0.3) is 0 Å². The summed E-state index contributed by atoms with van der Waals surface area (Å²) < 4.78 is 0. The first-order valence-electron chi connectivity index (χ1n) is 4.77. The van der Waals surface area contributed by atoms with E-state index in [1.54, 1.807) is 0 Å². The van der Waals surface area contributed by atoms with Crippen LogP contribution in [-0.4, -0.2) is 0 Å². The lowest BCUT2D eigenvalue weighted by atomic mass is 9.79. The maximum absolute atomic E-state index is 5.99. The van der Waals surface area contributed by atoms with Gasteiger partial charge in [0.2, 0.25) is 0 Å². The monoisotopic (exact) mass is 165 g/mol. The SMILES string of the molecule is [CH]=C(CC=CC)C(C)(C)CCC. The molecule has 1 radical (unpaired) electrons. The van der Waals surface area contributed by atoms with Crippen LogP contribution in [0.5, 0.6) is 0 Å². The Balaban J connectivity index is 4.05. The second-order valence-electron chi connectivity index (χ2n) is 3.93. The van der Waals surface area contributed by atoms with Gasteiger partial charge in [0.1, 0.15) is 0 Å². The molecule has 0 heteroatoms. The quantitative estimate of drug-likeness (QED) is 0.537. The van der Waals surface area contributed by atoms with Crippen molar-refractivity contribution in [1.82, 2.24) is 0 Å². The molecule has 0 N–H and O–H groups in total. The van der Waals surface area contributed by atoms with Crippen molar-refractivity contribution in [3.05, 3.63) is 24.3 Å². The Morgan fingerprint density at radius 2 is 2.00 bits per heavy atom. The topological polar surface area (TPSA) is 0 Å². The standard InChI is InChI=1S/C12H21/c1-6-8-9-11(3)12(4,5)10-7-2/h3,6,8H,7,9-10H2,1-2,4-5H3. The van der Waals surface area contributed by atoms with Crippen LogP contribution in [0.1, 0.15) is 47.0 Å². The van der Waals surface area contributed by atoms with Gasteiger partial charge in [-0.25, -0.2) is 0 Å². The van der Waals surface area contributed by atoms with E-state index in [2.05, 4.69) is 32.9 Å². The first kappa shape index (κ1) is 11.5. The van der Waals surface area contributed by atoms with Crippen molar-refractivity contribution in [3.63, 3.8) is 0 Å². The molecule has 0 bridgehead atoms. The van der Waals surface area contributed by atoms with E-state index in [0.717, 1.165) is 12.0 Å². The minimum absolute atomic E-state index is 0.203. The van der Waals surface area contributed by atoms with Gasteiger partial charge < -0.3 is 0 Å². The van der Waals surface area contributed by atoms with Crippen molar-refractivity contribution >= 4 is 0 Å². The molecular formula is C12H21. The molecule has 69 valence electrons. The molecule has 12 heavy (non-hydrogen) atoms. The summed E-state index contributed by atoms with van der Waals surface area (Å²) in [6.45, 7) is 14.7. The van der Waals surface area contributed by atoms with Crippen molar-refractivity contribution in [2.45, 2.75) is 47.0 Å². The van der Waals surface area contributed by atoms with Gasteiger partial charge in [0.05, 0.1) is 0 Å². The highest BCUT2D eigenvalue weighted by molar-refractivity contribution is 5.09. The van der Waals surface area contributed by atoms with E-state index in [1.165, 1.54) is 12.8 Å². The van der Waals surface area contributed by atoms with E-state index in [-0.39, 0.29) is 5.41 Å². The van der Waals surface area contributed by atoms with E-state index < -0.39 is 0 Å². The number of rotatable bonds is 5. The highest BCUT2D eigenvalue weighted by Crippen LogP contribution is 2.32. The second-order valence-corrected chi connectivity index (χ2v) is 3.93. The number of hydrogen-bond donors (Lipinski definition) is 0. The second kappa shape index (κ2) is 5.18. The Labute approximate surface area is 77.4 Å². The predicted molar refractivity (Wildman–Crippen MR) is 55.9 cm³/mol. The molecule has 0 amide bonds. The summed E-state index contributed by atoms with van der Waals surface area (Å²) in [7, 11) is 0. The van der Waals surface area contributed by atoms with Crippen LogP contribution in [0.2, 0.25) is 0 Å². The van der Waals surface area contributed by atoms with Crippen molar-refractivity contribution in [1.29, 1.82) is 0 Å². The minimum atomic E-state index is 0.203. The molecule has 0 heterocycles. The van der Waals surface area contributed by atoms with Crippen molar-refractivity contribution in [3.8, 4) is 0 Å². The molecule has 0 unspecified atom stereocenters. The lowest BCUT2D eigenvalue weighted by molar-refractivity contribution is 0.396. The maximum atomic E-state index is 5.99. The highest BCUT2D eigenvalue weighted by atomic mass is 14.2. The lowest BCUT2D eigenvalue weighted by Crippen LogP contribution is -2.13. The van der Waals surface area contributed by atoms with Gasteiger partial charge in [-0.2, -0.15) is 0 Å². The third kappa shape index (κ3) is 3.75. The van der Waals surface area contributed by atoms with Crippen LogP contribution in [0.15, 0.2) is 17.7 Å². The van der Waals surface area contributed by atoms with E-state index in [4.69, 9.17) is 6.58 Å². The van der Waals surface area contributed by atoms with Crippen LogP contribution in [-0.2, 0) is 0 Å². The van der Waals surface area contributed by atoms with Crippen LogP contribution in [0, 0.1) is 12.0 Å². The molecule has 0 atom stereocenters. The number of allylic oxidation sites excluding steroid dienone is 3. The smallest absolute Gasteiger partial charge is 0.0130 e. The summed E-state index contributed by atoms with van der Waals surface area (Å²) in [6, 6.07) is 0. The molecular weight excluding hydrogens is 144 g/mol. The molecule has 0 aliphatic heterocycles. The third-order valence-electron chi connectivity index (χ3n) is 2.32. The molecule has 0 nitrogen and oxygen atoms in total.